The zero-order chi connectivity index (χ0) is 12.1. The molecule has 1 aromatic rings. The third kappa shape index (κ3) is 3.27. The average molecular weight is 223 g/mol. The van der Waals surface area contributed by atoms with Crippen LogP contribution in [0.25, 0.3) is 0 Å². The summed E-state index contributed by atoms with van der Waals surface area (Å²) < 4.78 is 5.34. The van der Waals surface area contributed by atoms with E-state index in [1.807, 2.05) is 0 Å². The monoisotopic (exact) mass is 223 g/mol. The maximum Gasteiger partial charge on any atom is 0.307 e. The minimum atomic E-state index is -0.955. The highest BCUT2D eigenvalue weighted by molar-refractivity contribution is 5.95. The number of hydrogen-bond acceptors (Lipinski definition) is 3. The highest BCUT2D eigenvalue weighted by Gasteiger charge is 2.13. The van der Waals surface area contributed by atoms with Gasteiger partial charge in [-0.2, -0.15) is 0 Å². The van der Waals surface area contributed by atoms with Gasteiger partial charge in [0.05, 0.1) is 12.0 Å². The Morgan fingerprint density at radius 3 is 2.62 bits per heavy atom. The molecule has 0 bridgehead atoms. The third-order valence-corrected chi connectivity index (χ3v) is 1.94. The topological polar surface area (TPSA) is 89.6 Å². The fraction of sp³-hybridized carbons (Fsp3) is 0.273. The zero-order valence-electron chi connectivity index (χ0n) is 8.84. The molecule has 3 N–H and O–H groups in total. The number of ether oxygens (including phenoxy) is 1. The van der Waals surface area contributed by atoms with Crippen molar-refractivity contribution in [3.63, 3.8) is 0 Å². The Balaban J connectivity index is 2.80. The van der Waals surface area contributed by atoms with E-state index in [1.54, 1.807) is 25.1 Å². The molecule has 0 saturated heterocycles. The summed E-state index contributed by atoms with van der Waals surface area (Å²) in [6.07, 6.45) is -0.648. The zero-order valence-corrected chi connectivity index (χ0v) is 8.84. The van der Waals surface area contributed by atoms with E-state index in [-0.39, 0.29) is 12.0 Å². The van der Waals surface area contributed by atoms with Crippen LogP contribution < -0.4 is 10.5 Å². The van der Waals surface area contributed by atoms with Crippen molar-refractivity contribution in [2.24, 2.45) is 5.73 Å². The maximum absolute atomic E-state index is 11.1. The van der Waals surface area contributed by atoms with Crippen LogP contribution >= 0.6 is 0 Å². The van der Waals surface area contributed by atoms with Crippen molar-refractivity contribution in [2.75, 3.05) is 0 Å². The van der Waals surface area contributed by atoms with E-state index in [1.165, 1.54) is 6.07 Å². The van der Waals surface area contributed by atoms with Crippen LogP contribution in [-0.4, -0.2) is 23.1 Å². The molecule has 16 heavy (non-hydrogen) atoms. The largest absolute Gasteiger partial charge is 0.489 e. The molecule has 0 saturated carbocycles. The number of para-hydroxylation sites is 1. The van der Waals surface area contributed by atoms with E-state index in [0.717, 1.165) is 0 Å². The van der Waals surface area contributed by atoms with Gasteiger partial charge in [-0.15, -0.1) is 0 Å². The Labute approximate surface area is 92.8 Å². The summed E-state index contributed by atoms with van der Waals surface area (Å²) in [5.74, 6) is -1.24. The summed E-state index contributed by atoms with van der Waals surface area (Å²) in [5.41, 5.74) is 5.41. The number of carboxylic acid groups (broad SMARTS) is 1. The van der Waals surface area contributed by atoms with Crippen LogP contribution in [0.3, 0.4) is 0 Å². The van der Waals surface area contributed by atoms with Gasteiger partial charge < -0.3 is 15.6 Å². The van der Waals surface area contributed by atoms with Crippen LogP contribution in [-0.2, 0) is 4.79 Å². The van der Waals surface area contributed by atoms with Crippen LogP contribution in [0, 0.1) is 0 Å². The number of hydrogen-bond donors (Lipinski definition) is 2. The van der Waals surface area contributed by atoms with E-state index < -0.39 is 18.0 Å². The standard InChI is InChI=1S/C11H13NO4/c1-7(6-10(13)14)16-9-5-3-2-4-8(9)11(12)15/h2-5,7H,6H2,1H3,(H2,12,15)(H,13,14)/t7-/m1/s1. The number of benzene rings is 1. The molecule has 0 radical (unpaired) electrons. The summed E-state index contributed by atoms with van der Waals surface area (Å²) in [6.45, 7) is 1.62. The first kappa shape index (κ1) is 12.0. The second-order valence-electron chi connectivity index (χ2n) is 3.39. The van der Waals surface area contributed by atoms with Crippen molar-refractivity contribution in [2.45, 2.75) is 19.4 Å². The van der Waals surface area contributed by atoms with E-state index in [0.29, 0.717) is 5.75 Å². The SMILES string of the molecule is C[C@H](CC(=O)O)Oc1ccccc1C(N)=O. The molecular weight excluding hydrogens is 210 g/mol. The first-order valence-electron chi connectivity index (χ1n) is 4.78. The molecule has 0 aromatic heterocycles. The van der Waals surface area contributed by atoms with E-state index >= 15 is 0 Å². The number of carbonyl (C=O) groups is 2. The third-order valence-electron chi connectivity index (χ3n) is 1.94. The quantitative estimate of drug-likeness (QED) is 0.780. The van der Waals surface area contributed by atoms with E-state index in [2.05, 4.69) is 0 Å². The van der Waals surface area contributed by atoms with Crippen molar-refractivity contribution < 1.29 is 19.4 Å². The Bertz CT molecular complexity index is 403. The van der Waals surface area contributed by atoms with Gasteiger partial charge in [-0.05, 0) is 19.1 Å². The highest BCUT2D eigenvalue weighted by atomic mass is 16.5. The number of aliphatic carboxylic acids is 1. The molecule has 0 aliphatic carbocycles. The molecule has 0 spiro atoms. The molecule has 1 aromatic carbocycles. The summed E-state index contributed by atoms with van der Waals surface area (Å²) in [4.78, 5) is 21.5. The Kier molecular flexibility index (Phi) is 3.88. The van der Waals surface area contributed by atoms with Gasteiger partial charge in [-0.1, -0.05) is 12.1 Å². The maximum atomic E-state index is 11.1. The second kappa shape index (κ2) is 5.16. The lowest BCUT2D eigenvalue weighted by atomic mass is 10.2. The van der Waals surface area contributed by atoms with Gasteiger partial charge in [0.15, 0.2) is 0 Å². The van der Waals surface area contributed by atoms with Gasteiger partial charge in [0, 0.05) is 0 Å². The lowest BCUT2D eigenvalue weighted by molar-refractivity contribution is -0.138. The molecule has 0 aliphatic rings. The number of carbonyl (C=O) groups excluding carboxylic acids is 1. The predicted octanol–water partition coefficient (Wildman–Crippen LogP) is 1.03. The summed E-state index contributed by atoms with van der Waals surface area (Å²) in [7, 11) is 0. The highest BCUT2D eigenvalue weighted by Crippen LogP contribution is 2.19. The fourth-order valence-corrected chi connectivity index (χ4v) is 1.28. The molecule has 86 valence electrons. The Morgan fingerprint density at radius 2 is 2.06 bits per heavy atom. The molecule has 1 atom stereocenters. The number of nitrogens with two attached hydrogens (primary N) is 1. The minimum absolute atomic E-state index is 0.132. The molecular formula is C11H13NO4. The van der Waals surface area contributed by atoms with Crippen LogP contribution in [0.5, 0.6) is 5.75 Å². The Hall–Kier alpha value is -2.04. The molecule has 5 heteroatoms. The van der Waals surface area contributed by atoms with Gasteiger partial charge in [0.1, 0.15) is 11.9 Å². The molecule has 0 fully saturated rings. The normalized spacial score (nSPS) is 11.8. The predicted molar refractivity (Wildman–Crippen MR) is 57.3 cm³/mol. The van der Waals surface area contributed by atoms with Crippen molar-refractivity contribution >= 4 is 11.9 Å². The van der Waals surface area contributed by atoms with E-state index in [4.69, 9.17) is 15.6 Å². The van der Waals surface area contributed by atoms with Gasteiger partial charge in [0.2, 0.25) is 0 Å². The van der Waals surface area contributed by atoms with Crippen LogP contribution in [0.2, 0.25) is 0 Å². The molecule has 0 heterocycles. The number of primary amides is 1. The van der Waals surface area contributed by atoms with Crippen molar-refractivity contribution in [1.29, 1.82) is 0 Å². The first-order valence-corrected chi connectivity index (χ1v) is 4.78. The Morgan fingerprint density at radius 1 is 1.44 bits per heavy atom. The smallest absolute Gasteiger partial charge is 0.307 e. The van der Waals surface area contributed by atoms with Crippen molar-refractivity contribution in [3.05, 3.63) is 29.8 Å². The lowest BCUT2D eigenvalue weighted by Gasteiger charge is -2.14. The second-order valence-corrected chi connectivity index (χ2v) is 3.39. The number of amides is 1. The minimum Gasteiger partial charge on any atom is -0.489 e. The van der Waals surface area contributed by atoms with Gasteiger partial charge in [0.25, 0.3) is 5.91 Å². The van der Waals surface area contributed by atoms with Crippen LogP contribution in [0.1, 0.15) is 23.7 Å². The summed E-state index contributed by atoms with van der Waals surface area (Å²) in [6, 6.07) is 6.47. The lowest BCUT2D eigenvalue weighted by Crippen LogP contribution is -2.19. The average Bonchev–Trinajstić information content (AvgIpc) is 2.16. The summed E-state index contributed by atoms with van der Waals surface area (Å²) >= 11 is 0. The van der Waals surface area contributed by atoms with Crippen LogP contribution in [0.4, 0.5) is 0 Å². The van der Waals surface area contributed by atoms with Crippen molar-refractivity contribution in [3.8, 4) is 5.75 Å². The summed E-state index contributed by atoms with van der Waals surface area (Å²) in [5, 5.41) is 8.57. The molecule has 1 amide bonds. The van der Waals surface area contributed by atoms with Gasteiger partial charge >= 0.3 is 5.97 Å². The molecule has 5 nitrogen and oxygen atoms in total. The van der Waals surface area contributed by atoms with Crippen molar-refractivity contribution in [1.82, 2.24) is 0 Å². The number of rotatable bonds is 5. The van der Waals surface area contributed by atoms with Gasteiger partial charge in [-0.25, -0.2) is 0 Å². The first-order chi connectivity index (χ1) is 7.50. The van der Waals surface area contributed by atoms with Gasteiger partial charge in [-0.3, -0.25) is 9.59 Å². The van der Waals surface area contributed by atoms with Crippen LogP contribution in [0.15, 0.2) is 24.3 Å². The number of carboxylic acids is 1. The van der Waals surface area contributed by atoms with E-state index in [9.17, 15) is 9.59 Å². The molecule has 1 rings (SSSR count). The molecule has 0 unspecified atom stereocenters. The fourth-order valence-electron chi connectivity index (χ4n) is 1.28. The molecule has 0 aliphatic heterocycles.